The molecule has 2 aromatic rings. The summed E-state index contributed by atoms with van der Waals surface area (Å²) in [5.41, 5.74) is 17.0. The largest absolute Gasteiger partial charge is 0.415 e. The fourth-order valence-corrected chi connectivity index (χ4v) is 4.30. The highest BCUT2D eigenvalue weighted by Gasteiger charge is 2.39. The summed E-state index contributed by atoms with van der Waals surface area (Å²) in [6, 6.07) is 4.15. The first-order chi connectivity index (χ1) is 16.8. The highest BCUT2D eigenvalue weighted by atomic mass is 19.4. The van der Waals surface area contributed by atoms with Crippen LogP contribution >= 0.6 is 0 Å². The third-order valence-electron chi connectivity index (χ3n) is 6.25. The summed E-state index contributed by atoms with van der Waals surface area (Å²) in [6.07, 6.45) is -2.20. The number of hydrogen-bond acceptors (Lipinski definition) is 7. The fraction of sp³-hybridized carbons (Fsp3) is 0.480. The molecule has 1 atom stereocenters. The van der Waals surface area contributed by atoms with Crippen molar-refractivity contribution in [3.8, 4) is 0 Å². The summed E-state index contributed by atoms with van der Waals surface area (Å²) in [7, 11) is 0. The molecule has 1 fully saturated rings. The van der Waals surface area contributed by atoms with Crippen LogP contribution in [0, 0.1) is 20.8 Å². The standard InChI is InChI=1S/C25H34F3N7O/c1-14-10-20(32-24-31-12-16(3)23(34-24)33-22(30)11-17(4)29)15(2)9-19(14)18-5-7-35(8-6-18)13-21(36)25(26,27)28/h9-12,18,21,36H,5-8,13,29H2,1-4H3,(H3,30,31,32,33,34)/b17-11-. The lowest BCUT2D eigenvalue weighted by Crippen LogP contribution is -2.44. The number of β-amino-alcohol motifs (C(OH)–C–C–N with tert-alkyl or cyclic N) is 1. The van der Waals surface area contributed by atoms with Crippen molar-refractivity contribution in [2.75, 3.05) is 25.0 Å². The second-order valence-corrected chi connectivity index (χ2v) is 9.41. The van der Waals surface area contributed by atoms with Crippen LogP contribution in [0.1, 0.15) is 47.9 Å². The van der Waals surface area contributed by atoms with Crippen molar-refractivity contribution in [1.82, 2.24) is 14.9 Å². The lowest BCUT2D eigenvalue weighted by atomic mass is 9.85. The van der Waals surface area contributed by atoms with E-state index < -0.39 is 12.3 Å². The maximum absolute atomic E-state index is 12.7. The monoisotopic (exact) mass is 505 g/mol. The van der Waals surface area contributed by atoms with Gasteiger partial charge < -0.3 is 26.8 Å². The number of nitrogens with zero attached hydrogens (tertiary/aromatic N) is 4. The van der Waals surface area contributed by atoms with E-state index in [9.17, 15) is 18.3 Å². The number of anilines is 2. The van der Waals surface area contributed by atoms with Gasteiger partial charge in [0.2, 0.25) is 5.95 Å². The molecule has 1 aliphatic rings. The highest BCUT2D eigenvalue weighted by molar-refractivity contribution is 5.93. The van der Waals surface area contributed by atoms with Crippen molar-refractivity contribution in [3.05, 3.63) is 52.4 Å². The normalized spacial score (nSPS) is 17.3. The van der Waals surface area contributed by atoms with Gasteiger partial charge in [-0.2, -0.15) is 18.2 Å². The van der Waals surface area contributed by atoms with Gasteiger partial charge in [0.05, 0.1) is 0 Å². The number of aromatic nitrogens is 2. The lowest BCUT2D eigenvalue weighted by molar-refractivity contribution is -0.208. The molecule has 196 valence electrons. The fourth-order valence-electron chi connectivity index (χ4n) is 4.30. The Labute approximate surface area is 209 Å². The zero-order valence-electron chi connectivity index (χ0n) is 21.0. The Morgan fingerprint density at radius 2 is 1.86 bits per heavy atom. The zero-order valence-corrected chi connectivity index (χ0v) is 21.0. The van der Waals surface area contributed by atoms with Gasteiger partial charge in [0.1, 0.15) is 5.84 Å². The number of aliphatic imine (C=N–C) groups is 1. The van der Waals surface area contributed by atoms with Gasteiger partial charge in [-0.25, -0.2) is 9.98 Å². The third kappa shape index (κ3) is 7.17. The van der Waals surface area contributed by atoms with Gasteiger partial charge in [-0.15, -0.1) is 0 Å². The minimum absolute atomic E-state index is 0.246. The molecule has 11 heteroatoms. The Morgan fingerprint density at radius 3 is 2.47 bits per heavy atom. The molecule has 1 saturated heterocycles. The molecule has 1 aromatic carbocycles. The zero-order chi connectivity index (χ0) is 26.6. The van der Waals surface area contributed by atoms with Gasteiger partial charge in [0, 0.05) is 29.7 Å². The summed E-state index contributed by atoms with van der Waals surface area (Å²) in [4.78, 5) is 14.8. The number of alkyl halides is 3. The molecule has 1 unspecified atom stereocenters. The number of allylic oxidation sites excluding steroid dienone is 1. The highest BCUT2D eigenvalue weighted by Crippen LogP contribution is 2.34. The van der Waals surface area contributed by atoms with E-state index in [0.717, 1.165) is 35.2 Å². The number of aryl methyl sites for hydroxylation is 3. The van der Waals surface area contributed by atoms with E-state index in [4.69, 9.17) is 11.5 Å². The number of benzene rings is 1. The van der Waals surface area contributed by atoms with Gasteiger partial charge in [0.25, 0.3) is 0 Å². The molecule has 0 saturated carbocycles. The van der Waals surface area contributed by atoms with E-state index in [1.165, 1.54) is 5.56 Å². The van der Waals surface area contributed by atoms with Crippen LogP contribution in [0.15, 0.2) is 35.1 Å². The third-order valence-corrected chi connectivity index (χ3v) is 6.25. The average Bonchev–Trinajstić information content (AvgIpc) is 2.77. The molecule has 8 nitrogen and oxygen atoms in total. The quantitative estimate of drug-likeness (QED) is 0.330. The smallest absolute Gasteiger partial charge is 0.402 e. The van der Waals surface area contributed by atoms with Gasteiger partial charge in [-0.3, -0.25) is 0 Å². The van der Waals surface area contributed by atoms with E-state index in [-0.39, 0.29) is 18.3 Å². The number of amidine groups is 1. The molecule has 1 aliphatic heterocycles. The number of rotatable bonds is 7. The van der Waals surface area contributed by atoms with Crippen LogP contribution in [0.2, 0.25) is 0 Å². The molecule has 0 spiro atoms. The van der Waals surface area contributed by atoms with Crippen molar-refractivity contribution in [2.45, 2.75) is 58.7 Å². The summed E-state index contributed by atoms with van der Waals surface area (Å²) in [5.74, 6) is 1.32. The molecule has 0 amide bonds. The molecule has 0 bridgehead atoms. The lowest BCUT2D eigenvalue weighted by Gasteiger charge is -2.34. The summed E-state index contributed by atoms with van der Waals surface area (Å²) in [5, 5.41) is 12.6. The predicted molar refractivity (Wildman–Crippen MR) is 136 cm³/mol. The number of piperidine rings is 1. The average molecular weight is 506 g/mol. The molecular formula is C25H34F3N7O. The SMILES string of the molecule is C/C(N)=C/C(N)=Nc1nc(Nc2cc(C)c(C3CCN(CC(O)C(F)(F)F)CC3)cc2C)ncc1C. The molecule has 36 heavy (non-hydrogen) atoms. The van der Waals surface area contributed by atoms with E-state index in [2.05, 4.69) is 26.3 Å². The van der Waals surface area contributed by atoms with E-state index >= 15 is 0 Å². The van der Waals surface area contributed by atoms with Crippen molar-refractivity contribution < 1.29 is 18.3 Å². The number of nitrogens with one attached hydrogen (secondary N) is 1. The Balaban J connectivity index is 1.71. The Bertz CT molecular complexity index is 1140. The molecule has 3 rings (SSSR count). The van der Waals surface area contributed by atoms with Crippen LogP contribution in [0.5, 0.6) is 0 Å². The second kappa shape index (κ2) is 11.3. The first-order valence-corrected chi connectivity index (χ1v) is 11.8. The maximum Gasteiger partial charge on any atom is 0.415 e. The van der Waals surface area contributed by atoms with Crippen LogP contribution < -0.4 is 16.8 Å². The molecular weight excluding hydrogens is 471 g/mol. The van der Waals surface area contributed by atoms with Gasteiger partial charge in [-0.1, -0.05) is 6.07 Å². The van der Waals surface area contributed by atoms with Crippen LogP contribution in [0.25, 0.3) is 0 Å². The Kier molecular flexibility index (Phi) is 8.57. The number of nitrogens with two attached hydrogens (primary N) is 2. The Morgan fingerprint density at radius 1 is 1.19 bits per heavy atom. The minimum atomic E-state index is -4.59. The van der Waals surface area contributed by atoms with Crippen molar-refractivity contribution in [2.24, 2.45) is 16.5 Å². The summed E-state index contributed by atoms with van der Waals surface area (Å²) < 4.78 is 38.0. The topological polar surface area (TPSA) is 126 Å². The van der Waals surface area contributed by atoms with Crippen LogP contribution in [0.3, 0.4) is 0 Å². The first kappa shape index (κ1) is 27.4. The van der Waals surface area contributed by atoms with E-state index in [1.54, 1.807) is 24.1 Å². The van der Waals surface area contributed by atoms with Gasteiger partial charge in [-0.05, 0) is 88.4 Å². The number of aliphatic hydroxyl groups excluding tert-OH is 1. The van der Waals surface area contributed by atoms with Crippen LogP contribution in [-0.4, -0.2) is 57.7 Å². The van der Waals surface area contributed by atoms with E-state index in [0.29, 0.717) is 30.6 Å². The summed E-state index contributed by atoms with van der Waals surface area (Å²) in [6.45, 7) is 8.21. The maximum atomic E-state index is 12.7. The molecule has 2 heterocycles. The van der Waals surface area contributed by atoms with Crippen molar-refractivity contribution in [1.29, 1.82) is 0 Å². The first-order valence-electron chi connectivity index (χ1n) is 11.8. The van der Waals surface area contributed by atoms with Gasteiger partial charge in [0.15, 0.2) is 11.9 Å². The van der Waals surface area contributed by atoms with Crippen molar-refractivity contribution in [3.63, 3.8) is 0 Å². The second-order valence-electron chi connectivity index (χ2n) is 9.41. The minimum Gasteiger partial charge on any atom is -0.402 e. The number of halogens is 3. The predicted octanol–water partition coefficient (Wildman–Crippen LogP) is 4.10. The number of hydrogen-bond donors (Lipinski definition) is 4. The van der Waals surface area contributed by atoms with Gasteiger partial charge >= 0.3 is 6.18 Å². The molecule has 0 aliphatic carbocycles. The number of likely N-dealkylation sites (tertiary alicyclic amines) is 1. The van der Waals surface area contributed by atoms with Crippen LogP contribution in [-0.2, 0) is 0 Å². The Hall–Kier alpha value is -3.18. The number of aliphatic hydroxyl groups is 1. The molecule has 1 aromatic heterocycles. The van der Waals surface area contributed by atoms with Crippen LogP contribution in [0.4, 0.5) is 30.6 Å². The molecule has 0 radical (unpaired) electrons. The molecule has 6 N–H and O–H groups in total. The van der Waals surface area contributed by atoms with E-state index in [1.807, 2.05) is 26.8 Å². The van der Waals surface area contributed by atoms with Crippen molar-refractivity contribution >= 4 is 23.3 Å². The summed E-state index contributed by atoms with van der Waals surface area (Å²) >= 11 is 0.